The molecule has 11 heteroatoms. The maximum atomic E-state index is 13.3. The second-order valence-electron chi connectivity index (χ2n) is 11.1. The summed E-state index contributed by atoms with van der Waals surface area (Å²) < 4.78 is 29.6. The molecule has 0 radical (unpaired) electrons. The highest BCUT2D eigenvalue weighted by Gasteiger charge is 2.48. The Labute approximate surface area is 228 Å². The number of fused-ring (bicyclic) bond motifs is 4. The van der Waals surface area contributed by atoms with Gasteiger partial charge in [0.2, 0.25) is 5.91 Å². The minimum atomic E-state index is -4.21. The lowest BCUT2D eigenvalue weighted by Crippen LogP contribution is -2.46. The SMILES string of the molecule is CCC1=C2C(OS(N)(=O)=O)=CC3=C(NNC4=C3CC3=C4C(C(=O)NCc4cnc(C)cn4)CC3)C2(C)CCC1. The van der Waals surface area contributed by atoms with Crippen molar-refractivity contribution in [2.24, 2.45) is 16.5 Å². The number of hydrogen-bond donors (Lipinski definition) is 4. The number of hydrazine groups is 1. The van der Waals surface area contributed by atoms with E-state index in [0.717, 1.165) is 77.9 Å². The molecule has 4 aliphatic carbocycles. The Morgan fingerprint density at radius 2 is 2.08 bits per heavy atom. The van der Waals surface area contributed by atoms with Crippen molar-refractivity contribution in [3.63, 3.8) is 0 Å². The Kier molecular flexibility index (Phi) is 6.18. The summed E-state index contributed by atoms with van der Waals surface area (Å²) in [6.45, 7) is 6.43. The van der Waals surface area contributed by atoms with Crippen LogP contribution in [0.25, 0.3) is 0 Å². The van der Waals surface area contributed by atoms with Crippen molar-refractivity contribution in [1.29, 1.82) is 0 Å². The van der Waals surface area contributed by atoms with Gasteiger partial charge in [-0.15, -0.1) is 0 Å². The normalized spacial score (nSPS) is 25.8. The molecule has 1 aromatic heterocycles. The molecule has 0 fully saturated rings. The zero-order valence-electron chi connectivity index (χ0n) is 22.5. The van der Waals surface area contributed by atoms with Gasteiger partial charge >= 0.3 is 10.3 Å². The van der Waals surface area contributed by atoms with E-state index in [2.05, 4.69) is 40.0 Å². The van der Waals surface area contributed by atoms with Crippen LogP contribution >= 0.6 is 0 Å². The monoisotopic (exact) mass is 550 g/mol. The lowest BCUT2D eigenvalue weighted by molar-refractivity contribution is -0.124. The molecule has 0 bridgehead atoms. The molecule has 0 saturated carbocycles. The molecule has 0 saturated heterocycles. The molecule has 0 aromatic carbocycles. The molecular formula is C28H34N6O4S. The second kappa shape index (κ2) is 9.34. The maximum Gasteiger partial charge on any atom is 0.380 e. The lowest BCUT2D eigenvalue weighted by Gasteiger charge is -2.45. The molecule has 5 N–H and O–H groups in total. The summed E-state index contributed by atoms with van der Waals surface area (Å²) in [5.74, 6) is 0.00100. The first kappa shape index (κ1) is 25.8. The van der Waals surface area contributed by atoms with Crippen LogP contribution in [0.5, 0.6) is 0 Å². The van der Waals surface area contributed by atoms with E-state index in [9.17, 15) is 13.2 Å². The van der Waals surface area contributed by atoms with Crippen LogP contribution in [-0.2, 0) is 25.8 Å². The minimum Gasteiger partial charge on any atom is -0.371 e. The number of carbonyl (C=O) groups excluding carboxylic acids is 1. The van der Waals surface area contributed by atoms with Crippen molar-refractivity contribution >= 4 is 16.2 Å². The summed E-state index contributed by atoms with van der Waals surface area (Å²) in [6.07, 6.45) is 11.1. The number of nitrogens with two attached hydrogens (primary N) is 1. The standard InChI is InChI=1S/C28H34N6O4S/c1-4-16-6-5-9-28(3)24(16)22(38-39(29,36)37)11-21-20-10-17-7-8-19(23(17)25(20)33-34-26(21)28)27(35)32-14-18-13-30-15(2)12-31-18/h11-13,19,33-34H,4-10,14H2,1-3H3,(H,32,35)(H2,29,36,37). The highest BCUT2D eigenvalue weighted by atomic mass is 32.2. The van der Waals surface area contributed by atoms with Gasteiger partial charge in [-0.25, -0.2) is 0 Å². The number of rotatable bonds is 6. The van der Waals surface area contributed by atoms with Crippen molar-refractivity contribution in [3.05, 3.63) is 80.4 Å². The molecule has 1 aromatic rings. The number of allylic oxidation sites excluding steroid dienone is 8. The number of nitrogens with zero attached hydrogens (tertiary/aromatic N) is 2. The Balaban J connectivity index is 1.34. The zero-order chi connectivity index (χ0) is 27.5. The van der Waals surface area contributed by atoms with E-state index >= 15 is 0 Å². The van der Waals surface area contributed by atoms with Gasteiger partial charge in [-0.2, -0.15) is 13.6 Å². The van der Waals surface area contributed by atoms with Gasteiger partial charge in [0.15, 0.2) is 0 Å². The van der Waals surface area contributed by atoms with E-state index in [1.54, 1.807) is 12.4 Å². The van der Waals surface area contributed by atoms with E-state index < -0.39 is 15.7 Å². The molecule has 5 aliphatic rings. The van der Waals surface area contributed by atoms with Crippen LogP contribution in [-0.4, -0.2) is 24.3 Å². The number of aromatic nitrogens is 2. The highest BCUT2D eigenvalue weighted by molar-refractivity contribution is 7.84. The first-order valence-electron chi connectivity index (χ1n) is 13.5. The predicted octanol–water partition coefficient (Wildman–Crippen LogP) is 3.14. The van der Waals surface area contributed by atoms with E-state index in [0.29, 0.717) is 24.4 Å². The van der Waals surface area contributed by atoms with E-state index in [-0.39, 0.29) is 11.8 Å². The fraction of sp³-hybridized carbons (Fsp3) is 0.464. The summed E-state index contributed by atoms with van der Waals surface area (Å²) in [7, 11) is -4.21. The first-order valence-corrected chi connectivity index (χ1v) is 15.0. The molecule has 2 heterocycles. The van der Waals surface area contributed by atoms with Crippen LogP contribution in [0.1, 0.15) is 70.2 Å². The number of aryl methyl sites for hydroxylation is 1. The van der Waals surface area contributed by atoms with Gasteiger partial charge in [-0.1, -0.05) is 18.1 Å². The van der Waals surface area contributed by atoms with Crippen LogP contribution in [0.4, 0.5) is 0 Å². The molecule has 2 unspecified atom stereocenters. The second-order valence-corrected chi connectivity index (χ2v) is 12.3. The van der Waals surface area contributed by atoms with Gasteiger partial charge in [0.25, 0.3) is 0 Å². The topological polar surface area (TPSA) is 148 Å². The van der Waals surface area contributed by atoms with Gasteiger partial charge in [-0.05, 0) is 76.0 Å². The third-order valence-electron chi connectivity index (χ3n) is 8.69. The first-order chi connectivity index (χ1) is 18.6. The third-order valence-corrected chi connectivity index (χ3v) is 9.11. The molecule has 1 amide bonds. The molecule has 206 valence electrons. The highest BCUT2D eigenvalue weighted by Crippen LogP contribution is 2.57. The van der Waals surface area contributed by atoms with Gasteiger partial charge in [0, 0.05) is 28.5 Å². The van der Waals surface area contributed by atoms with E-state index in [1.807, 2.05) is 13.0 Å². The van der Waals surface area contributed by atoms with Crippen LogP contribution in [0.3, 0.4) is 0 Å². The number of amides is 1. The van der Waals surface area contributed by atoms with E-state index in [4.69, 9.17) is 9.32 Å². The van der Waals surface area contributed by atoms with Crippen LogP contribution in [0.2, 0.25) is 0 Å². The summed E-state index contributed by atoms with van der Waals surface area (Å²) in [5, 5.41) is 8.40. The molecule has 2 atom stereocenters. The third kappa shape index (κ3) is 4.37. The van der Waals surface area contributed by atoms with Crippen molar-refractivity contribution in [1.82, 2.24) is 26.1 Å². The van der Waals surface area contributed by atoms with Gasteiger partial charge < -0.3 is 20.4 Å². The van der Waals surface area contributed by atoms with E-state index in [1.165, 1.54) is 11.1 Å². The van der Waals surface area contributed by atoms with Crippen molar-refractivity contribution in [2.75, 3.05) is 0 Å². The maximum absolute atomic E-state index is 13.3. The average Bonchev–Trinajstić information content (AvgIpc) is 3.46. The molecule has 10 nitrogen and oxygen atoms in total. The molecule has 6 rings (SSSR count). The quantitative estimate of drug-likeness (QED) is 0.422. The Morgan fingerprint density at radius 3 is 2.79 bits per heavy atom. The largest absolute Gasteiger partial charge is 0.380 e. The van der Waals surface area contributed by atoms with Gasteiger partial charge in [-0.3, -0.25) is 14.8 Å². The minimum absolute atomic E-state index is 0.0350. The Hall–Kier alpha value is -3.44. The van der Waals surface area contributed by atoms with Gasteiger partial charge in [0.05, 0.1) is 35.7 Å². The van der Waals surface area contributed by atoms with Gasteiger partial charge in [0.1, 0.15) is 5.76 Å². The summed E-state index contributed by atoms with van der Waals surface area (Å²) in [4.78, 5) is 21.9. The molecular weight excluding hydrogens is 516 g/mol. The van der Waals surface area contributed by atoms with Crippen molar-refractivity contribution in [2.45, 2.75) is 72.3 Å². The smallest absolute Gasteiger partial charge is 0.371 e. The lowest BCUT2D eigenvalue weighted by atomic mass is 9.64. The van der Waals surface area contributed by atoms with Crippen LogP contribution in [0.15, 0.2) is 69.1 Å². The number of carbonyl (C=O) groups is 1. The van der Waals surface area contributed by atoms with Crippen LogP contribution < -0.4 is 21.3 Å². The Morgan fingerprint density at radius 1 is 1.26 bits per heavy atom. The van der Waals surface area contributed by atoms with Crippen molar-refractivity contribution in [3.8, 4) is 0 Å². The average molecular weight is 551 g/mol. The zero-order valence-corrected chi connectivity index (χ0v) is 23.3. The fourth-order valence-electron chi connectivity index (χ4n) is 6.97. The summed E-state index contributed by atoms with van der Waals surface area (Å²) in [6, 6.07) is 0. The van der Waals surface area contributed by atoms with Crippen LogP contribution in [0, 0.1) is 18.3 Å². The predicted molar refractivity (Wildman–Crippen MR) is 145 cm³/mol. The fourth-order valence-corrected chi connectivity index (χ4v) is 7.35. The summed E-state index contributed by atoms with van der Waals surface area (Å²) >= 11 is 0. The molecule has 1 aliphatic heterocycles. The Bertz CT molecular complexity index is 1530. The van der Waals surface area contributed by atoms with Crippen molar-refractivity contribution < 1.29 is 17.4 Å². The molecule has 39 heavy (non-hydrogen) atoms. The molecule has 0 spiro atoms. The number of hydrogen-bond acceptors (Lipinski definition) is 8. The number of nitrogens with one attached hydrogen (secondary N) is 3. The summed E-state index contributed by atoms with van der Waals surface area (Å²) in [5.41, 5.74) is 16.3.